The molecule has 0 spiro atoms. The van der Waals surface area contributed by atoms with Gasteiger partial charge in [-0.2, -0.15) is 0 Å². The third kappa shape index (κ3) is 3.39. The van der Waals surface area contributed by atoms with Crippen LogP contribution in [0.5, 0.6) is 5.75 Å². The van der Waals surface area contributed by atoms with Crippen molar-refractivity contribution >= 4 is 38.8 Å². The van der Waals surface area contributed by atoms with Crippen molar-refractivity contribution in [2.24, 2.45) is 0 Å². The normalized spacial score (nSPS) is 19.7. The van der Waals surface area contributed by atoms with Gasteiger partial charge >= 0.3 is 0 Å². The van der Waals surface area contributed by atoms with Crippen molar-refractivity contribution < 1.29 is 4.74 Å². The molecule has 6 aromatic carbocycles. The zero-order chi connectivity index (χ0) is 31.3. The monoisotopic (exact) mass is 604 g/mol. The molecule has 0 bridgehead atoms. The van der Waals surface area contributed by atoms with E-state index in [1.807, 2.05) is 0 Å². The minimum atomic E-state index is -0.709. The minimum Gasteiger partial charge on any atom is -0.473 e. The van der Waals surface area contributed by atoms with Crippen LogP contribution in [-0.4, -0.2) is 0 Å². The topological polar surface area (TPSA) is 9.23 Å². The Morgan fingerprint density at radius 2 is 1.36 bits per heavy atom. The van der Waals surface area contributed by atoms with E-state index in [-0.39, 0.29) is 5.41 Å². The molecular weight excluding hydrogens is 569 g/mol. The van der Waals surface area contributed by atoms with Crippen LogP contribution in [0.3, 0.4) is 0 Å². The molecule has 6 aromatic rings. The Hall–Kier alpha value is -5.14. The zero-order valence-corrected chi connectivity index (χ0v) is 26.9. The number of rotatable bonds is 4. The van der Waals surface area contributed by atoms with Gasteiger partial charge in [0.25, 0.3) is 0 Å². The third-order valence-corrected chi connectivity index (χ3v) is 11.8. The molecule has 47 heavy (non-hydrogen) atoms. The van der Waals surface area contributed by atoms with Gasteiger partial charge in [0.05, 0.1) is 0 Å². The van der Waals surface area contributed by atoms with Crippen molar-refractivity contribution in [2.75, 3.05) is 0 Å². The van der Waals surface area contributed by atoms with Crippen LogP contribution in [0.4, 0.5) is 0 Å². The average molecular weight is 605 g/mol. The highest BCUT2D eigenvalue weighted by atomic mass is 16.5. The fourth-order valence-electron chi connectivity index (χ4n) is 9.66. The van der Waals surface area contributed by atoms with Gasteiger partial charge in [0.2, 0.25) is 0 Å². The summed E-state index contributed by atoms with van der Waals surface area (Å²) in [5.41, 5.74) is 14.2. The molecule has 0 amide bonds. The molecular formula is C46H36O. The maximum atomic E-state index is 7.69. The lowest BCUT2D eigenvalue weighted by Crippen LogP contribution is -2.36. The Kier molecular flexibility index (Phi) is 5.57. The first-order valence-corrected chi connectivity index (χ1v) is 17.3. The van der Waals surface area contributed by atoms with Crippen LogP contribution < -0.4 is 4.74 Å². The zero-order valence-electron chi connectivity index (χ0n) is 26.9. The molecule has 0 saturated heterocycles. The second kappa shape index (κ2) is 9.69. The summed E-state index contributed by atoms with van der Waals surface area (Å²) in [4.78, 5) is 0. The molecule has 0 N–H and O–H groups in total. The molecule has 1 nitrogen and oxygen atoms in total. The summed E-state index contributed by atoms with van der Waals surface area (Å²) in [5, 5.41) is 5.20. The van der Waals surface area contributed by atoms with Crippen LogP contribution in [-0.2, 0) is 11.0 Å². The second-order valence-corrected chi connectivity index (χ2v) is 13.7. The summed E-state index contributed by atoms with van der Waals surface area (Å²) >= 11 is 0. The van der Waals surface area contributed by atoms with Crippen LogP contribution >= 0.6 is 0 Å². The van der Waals surface area contributed by atoms with Gasteiger partial charge in [0.15, 0.2) is 5.60 Å². The van der Waals surface area contributed by atoms with Crippen LogP contribution in [0, 0.1) is 0 Å². The highest BCUT2D eigenvalue weighted by molar-refractivity contribution is 6.16. The lowest BCUT2D eigenvalue weighted by Gasteiger charge is -2.41. The molecule has 10 rings (SSSR count). The Bertz CT molecular complexity index is 2390. The Labute approximate surface area is 276 Å². The molecule has 1 heteroatoms. The summed E-state index contributed by atoms with van der Waals surface area (Å²) in [5.74, 6) is 1.02. The molecule has 1 aliphatic heterocycles. The molecule has 3 aliphatic carbocycles. The summed E-state index contributed by atoms with van der Waals surface area (Å²) in [6.07, 6.45) is 11.3. The molecule has 0 aromatic heterocycles. The maximum Gasteiger partial charge on any atom is 0.174 e. The van der Waals surface area contributed by atoms with Crippen LogP contribution in [0.2, 0.25) is 0 Å². The van der Waals surface area contributed by atoms with Crippen LogP contribution in [0.25, 0.3) is 49.9 Å². The molecule has 0 saturated carbocycles. The van der Waals surface area contributed by atoms with Gasteiger partial charge in [-0.05, 0) is 98.0 Å². The van der Waals surface area contributed by atoms with Crippen molar-refractivity contribution in [1.82, 2.24) is 0 Å². The first kappa shape index (κ1) is 27.0. The van der Waals surface area contributed by atoms with Crippen molar-refractivity contribution in [2.45, 2.75) is 50.5 Å². The SMILES string of the molecule is CCC1(CC)c2ccccc2-c2c1c1c(c3ccccc23)OC(C2=CC3=C(CC2)c2cccc4cccc3c24)(c2ccccc2)C=C1. The number of allylic oxidation sites excluding steroid dienone is 3. The van der Waals surface area contributed by atoms with Crippen LogP contribution in [0.15, 0.2) is 133 Å². The molecule has 1 atom stereocenters. The standard InChI is InChI=1S/C46H36O/c1-3-45(4-2)40-23-11-10-20-37(40)42-34-18-8-9-19-36(34)44-38(43(42)45)26-27-46(47-44,30-16-6-5-7-17-30)31-24-25-32-33-21-12-14-29-15-13-22-35(41(29)33)39(32)28-31/h5-23,26-28H,3-4,24-25H2,1-2H3. The largest absolute Gasteiger partial charge is 0.473 e. The van der Waals surface area contributed by atoms with Crippen molar-refractivity contribution in [3.05, 3.63) is 166 Å². The number of benzene rings is 6. The molecule has 0 radical (unpaired) electrons. The van der Waals surface area contributed by atoms with Crippen LogP contribution in [0.1, 0.15) is 72.9 Å². The Morgan fingerprint density at radius 1 is 0.660 bits per heavy atom. The predicted molar refractivity (Wildman–Crippen MR) is 197 cm³/mol. The van der Waals surface area contributed by atoms with Gasteiger partial charge in [-0.15, -0.1) is 0 Å². The second-order valence-electron chi connectivity index (χ2n) is 13.7. The van der Waals surface area contributed by atoms with Gasteiger partial charge in [-0.3, -0.25) is 0 Å². The number of hydrogen-bond donors (Lipinski definition) is 0. The van der Waals surface area contributed by atoms with Crippen molar-refractivity contribution in [3.8, 4) is 16.9 Å². The predicted octanol–water partition coefficient (Wildman–Crippen LogP) is 12.0. The number of fused-ring (bicyclic) bond motifs is 10. The number of ether oxygens (including phenoxy) is 1. The summed E-state index contributed by atoms with van der Waals surface area (Å²) in [6.45, 7) is 4.72. The molecule has 1 unspecified atom stereocenters. The quantitative estimate of drug-likeness (QED) is 0.194. The molecule has 4 aliphatic rings. The maximum absolute atomic E-state index is 7.69. The Morgan fingerprint density at radius 3 is 2.17 bits per heavy atom. The fourth-order valence-corrected chi connectivity index (χ4v) is 9.66. The van der Waals surface area contributed by atoms with Gasteiger partial charge in [-0.1, -0.05) is 141 Å². The van der Waals surface area contributed by atoms with Crippen molar-refractivity contribution in [3.63, 3.8) is 0 Å². The molecule has 0 fully saturated rings. The molecule has 226 valence electrons. The average Bonchev–Trinajstić information content (AvgIpc) is 3.63. The minimum absolute atomic E-state index is 0.0569. The van der Waals surface area contributed by atoms with E-state index < -0.39 is 5.60 Å². The van der Waals surface area contributed by atoms with E-state index in [0.29, 0.717) is 0 Å². The third-order valence-electron chi connectivity index (χ3n) is 11.8. The highest BCUT2D eigenvalue weighted by Crippen LogP contribution is 2.61. The van der Waals surface area contributed by atoms with Crippen molar-refractivity contribution in [1.29, 1.82) is 0 Å². The lowest BCUT2D eigenvalue weighted by atomic mass is 9.70. The van der Waals surface area contributed by atoms with E-state index in [0.717, 1.165) is 31.4 Å². The van der Waals surface area contributed by atoms with E-state index >= 15 is 0 Å². The van der Waals surface area contributed by atoms with Gasteiger partial charge in [0, 0.05) is 21.9 Å². The van der Waals surface area contributed by atoms with Gasteiger partial charge < -0.3 is 4.74 Å². The summed E-state index contributed by atoms with van der Waals surface area (Å²) in [7, 11) is 0. The van der Waals surface area contributed by atoms with Gasteiger partial charge in [-0.25, -0.2) is 0 Å². The Balaban J connectivity index is 1.24. The van der Waals surface area contributed by atoms with E-state index in [1.54, 1.807) is 0 Å². The summed E-state index contributed by atoms with van der Waals surface area (Å²) < 4.78 is 7.69. The highest BCUT2D eigenvalue weighted by Gasteiger charge is 2.47. The van der Waals surface area contributed by atoms with E-state index in [9.17, 15) is 0 Å². The van der Waals surface area contributed by atoms with E-state index in [2.05, 4.69) is 147 Å². The first-order valence-electron chi connectivity index (χ1n) is 17.3. The smallest absolute Gasteiger partial charge is 0.174 e. The van der Waals surface area contributed by atoms with E-state index in [1.165, 1.54) is 82.8 Å². The van der Waals surface area contributed by atoms with Gasteiger partial charge in [0.1, 0.15) is 5.75 Å². The number of hydrogen-bond acceptors (Lipinski definition) is 1. The lowest BCUT2D eigenvalue weighted by molar-refractivity contribution is 0.154. The van der Waals surface area contributed by atoms with E-state index in [4.69, 9.17) is 4.74 Å². The summed E-state index contributed by atoms with van der Waals surface area (Å²) in [6, 6.07) is 42.5. The first-order chi connectivity index (χ1) is 23.2. The fraction of sp³-hybridized carbons (Fsp3) is 0.174. The molecule has 1 heterocycles.